The predicted octanol–water partition coefficient (Wildman–Crippen LogP) is 4.11. The molecule has 0 fully saturated rings. The summed E-state index contributed by atoms with van der Waals surface area (Å²) in [4.78, 5) is 10.3. The van der Waals surface area contributed by atoms with Gasteiger partial charge in [0, 0.05) is 30.2 Å². The van der Waals surface area contributed by atoms with Crippen molar-refractivity contribution in [1.82, 2.24) is 4.31 Å². The van der Waals surface area contributed by atoms with Gasteiger partial charge in [0.05, 0.1) is 16.3 Å². The van der Waals surface area contributed by atoms with Crippen molar-refractivity contribution in [1.29, 1.82) is 0 Å². The molecule has 10 heteroatoms. The molecule has 2 rings (SSSR count). The second-order valence-electron chi connectivity index (χ2n) is 5.84. The van der Waals surface area contributed by atoms with Gasteiger partial charge in [0.1, 0.15) is 4.90 Å². The Morgan fingerprint density at radius 1 is 1.18 bits per heavy atom. The van der Waals surface area contributed by atoms with Gasteiger partial charge in [-0.05, 0) is 30.7 Å². The van der Waals surface area contributed by atoms with Crippen LogP contribution >= 0.6 is 11.6 Å². The van der Waals surface area contributed by atoms with Crippen LogP contribution < -0.4 is 5.43 Å². The van der Waals surface area contributed by atoms with E-state index < -0.39 is 14.9 Å². The molecule has 0 aliphatic rings. The van der Waals surface area contributed by atoms with Crippen molar-refractivity contribution in [2.24, 2.45) is 5.10 Å². The van der Waals surface area contributed by atoms with Gasteiger partial charge in [0.15, 0.2) is 0 Å². The van der Waals surface area contributed by atoms with Crippen LogP contribution in [0.5, 0.6) is 0 Å². The fourth-order valence-corrected chi connectivity index (χ4v) is 4.28. The minimum absolute atomic E-state index is 0.158. The number of hydrazone groups is 1. The van der Waals surface area contributed by atoms with Gasteiger partial charge in [0.25, 0.3) is 5.69 Å². The van der Waals surface area contributed by atoms with E-state index in [9.17, 15) is 18.5 Å². The Hall–Kier alpha value is -2.49. The van der Waals surface area contributed by atoms with E-state index in [4.69, 9.17) is 11.6 Å². The molecule has 0 radical (unpaired) electrons. The first kappa shape index (κ1) is 21.8. The zero-order valence-electron chi connectivity index (χ0n) is 15.7. The highest BCUT2D eigenvalue weighted by molar-refractivity contribution is 7.89. The van der Waals surface area contributed by atoms with Crippen LogP contribution in [0.3, 0.4) is 0 Å². The van der Waals surface area contributed by atoms with Crippen LogP contribution in [0.2, 0.25) is 5.02 Å². The van der Waals surface area contributed by atoms with Crippen LogP contribution in [0.25, 0.3) is 0 Å². The predicted molar refractivity (Wildman–Crippen MR) is 110 cm³/mol. The van der Waals surface area contributed by atoms with Crippen molar-refractivity contribution in [2.75, 3.05) is 18.5 Å². The molecule has 0 bridgehead atoms. The molecular formula is C18H21ClN4O4S. The lowest BCUT2D eigenvalue weighted by atomic mass is 10.1. The van der Waals surface area contributed by atoms with E-state index in [2.05, 4.69) is 10.5 Å². The van der Waals surface area contributed by atoms with Crippen LogP contribution in [-0.4, -0.2) is 36.4 Å². The second-order valence-corrected chi connectivity index (χ2v) is 8.19. The zero-order valence-corrected chi connectivity index (χ0v) is 17.3. The number of anilines is 1. The molecule has 0 spiro atoms. The van der Waals surface area contributed by atoms with Crippen molar-refractivity contribution >= 4 is 38.7 Å². The largest absolute Gasteiger partial charge is 0.277 e. The number of nitro benzene ring substituents is 1. The number of nitro groups is 1. The van der Waals surface area contributed by atoms with Crippen molar-refractivity contribution in [2.45, 2.75) is 25.7 Å². The molecule has 0 aromatic heterocycles. The Bertz CT molecular complexity index is 987. The summed E-state index contributed by atoms with van der Waals surface area (Å²) in [7, 11) is -3.93. The summed E-state index contributed by atoms with van der Waals surface area (Å²) in [6.07, 6.45) is 0. The summed E-state index contributed by atoms with van der Waals surface area (Å²) in [5.74, 6) is 0. The third-order valence-electron chi connectivity index (χ3n) is 4.11. The monoisotopic (exact) mass is 424 g/mol. The molecule has 150 valence electrons. The molecule has 28 heavy (non-hydrogen) atoms. The van der Waals surface area contributed by atoms with Crippen LogP contribution in [0, 0.1) is 10.1 Å². The van der Waals surface area contributed by atoms with Crippen LogP contribution in [0.4, 0.5) is 11.4 Å². The molecule has 8 nitrogen and oxygen atoms in total. The van der Waals surface area contributed by atoms with Gasteiger partial charge < -0.3 is 0 Å². The van der Waals surface area contributed by atoms with Crippen molar-refractivity contribution < 1.29 is 13.3 Å². The Labute approximate surface area is 169 Å². The Balaban J connectivity index is 2.47. The van der Waals surface area contributed by atoms with Gasteiger partial charge in [-0.15, -0.1) is 0 Å². The first-order valence-corrected chi connectivity index (χ1v) is 10.4. The standard InChI is InChI=1S/C18H21ClN4O4S/c1-4-22(5-2)28(26,27)18-12-16(23(24)25)10-11-17(18)21-20-13(3)14-6-8-15(19)9-7-14/h6-12,21H,4-5H2,1-3H3/b20-13+. The molecule has 2 aromatic rings. The molecular weight excluding hydrogens is 404 g/mol. The maximum absolute atomic E-state index is 12.9. The molecule has 0 aliphatic carbocycles. The van der Waals surface area contributed by atoms with E-state index in [0.717, 1.165) is 11.6 Å². The van der Waals surface area contributed by atoms with Crippen LogP contribution in [-0.2, 0) is 10.0 Å². The second kappa shape index (κ2) is 9.13. The number of benzene rings is 2. The molecule has 2 aromatic carbocycles. The molecule has 0 aliphatic heterocycles. The summed E-state index contributed by atoms with van der Waals surface area (Å²) < 4.78 is 27.1. The van der Waals surface area contributed by atoms with Crippen molar-refractivity contribution in [3.63, 3.8) is 0 Å². The number of nitrogens with one attached hydrogen (secondary N) is 1. The SMILES string of the molecule is CCN(CC)S(=O)(=O)c1cc([N+](=O)[O-])ccc1N/N=C(\C)c1ccc(Cl)cc1. The summed E-state index contributed by atoms with van der Waals surface area (Å²) in [5.41, 5.74) is 3.97. The highest BCUT2D eigenvalue weighted by atomic mass is 35.5. The summed E-state index contributed by atoms with van der Waals surface area (Å²) >= 11 is 5.88. The van der Waals surface area contributed by atoms with Crippen molar-refractivity contribution in [3.8, 4) is 0 Å². The van der Waals surface area contributed by atoms with Crippen LogP contribution in [0.1, 0.15) is 26.3 Å². The fraction of sp³-hybridized carbons (Fsp3) is 0.278. The first-order chi connectivity index (χ1) is 13.2. The lowest BCUT2D eigenvalue weighted by molar-refractivity contribution is -0.385. The summed E-state index contributed by atoms with van der Waals surface area (Å²) in [6, 6.07) is 10.6. The minimum atomic E-state index is -3.93. The molecule has 0 amide bonds. The maximum Gasteiger partial charge on any atom is 0.270 e. The van der Waals surface area contributed by atoms with Gasteiger partial charge in [-0.25, -0.2) is 8.42 Å². The molecule has 0 saturated carbocycles. The summed E-state index contributed by atoms with van der Waals surface area (Å²) in [5, 5.41) is 15.9. The lowest BCUT2D eigenvalue weighted by Gasteiger charge is -2.20. The maximum atomic E-state index is 12.9. The number of rotatable bonds is 8. The van der Waals surface area contributed by atoms with Gasteiger partial charge >= 0.3 is 0 Å². The van der Waals surface area contributed by atoms with Crippen molar-refractivity contribution in [3.05, 3.63) is 63.2 Å². The van der Waals surface area contributed by atoms with E-state index >= 15 is 0 Å². The fourth-order valence-electron chi connectivity index (χ4n) is 2.53. The molecule has 0 heterocycles. The van der Waals surface area contributed by atoms with E-state index in [1.165, 1.54) is 16.4 Å². The quantitative estimate of drug-likeness (QED) is 0.390. The molecule has 0 atom stereocenters. The van der Waals surface area contributed by atoms with Gasteiger partial charge in [-0.1, -0.05) is 37.6 Å². The van der Waals surface area contributed by atoms with E-state index in [1.807, 2.05) is 0 Å². The smallest absolute Gasteiger partial charge is 0.270 e. The number of sulfonamides is 1. The average molecular weight is 425 g/mol. The third-order valence-corrected chi connectivity index (χ3v) is 6.45. The zero-order chi connectivity index (χ0) is 20.9. The minimum Gasteiger partial charge on any atom is -0.277 e. The number of non-ortho nitro benzene ring substituents is 1. The normalized spacial score (nSPS) is 12.2. The first-order valence-electron chi connectivity index (χ1n) is 8.55. The number of hydrogen-bond donors (Lipinski definition) is 1. The van der Waals surface area contributed by atoms with Gasteiger partial charge in [-0.2, -0.15) is 9.41 Å². The molecule has 1 N–H and O–H groups in total. The number of halogens is 1. The Kier molecular flexibility index (Phi) is 7.11. The average Bonchev–Trinajstić information content (AvgIpc) is 2.67. The van der Waals surface area contributed by atoms with E-state index in [-0.39, 0.29) is 29.4 Å². The Morgan fingerprint density at radius 3 is 2.32 bits per heavy atom. The molecule has 0 unspecified atom stereocenters. The molecule has 0 saturated heterocycles. The Morgan fingerprint density at radius 2 is 1.79 bits per heavy atom. The number of hydrogen-bond acceptors (Lipinski definition) is 6. The van der Waals surface area contributed by atoms with Crippen LogP contribution in [0.15, 0.2) is 52.5 Å². The topological polar surface area (TPSA) is 105 Å². The van der Waals surface area contributed by atoms with Gasteiger partial charge in [-0.3, -0.25) is 15.5 Å². The van der Waals surface area contributed by atoms with E-state index in [0.29, 0.717) is 10.7 Å². The highest BCUT2D eigenvalue weighted by Crippen LogP contribution is 2.29. The highest BCUT2D eigenvalue weighted by Gasteiger charge is 2.27. The lowest BCUT2D eigenvalue weighted by Crippen LogP contribution is -2.31. The van der Waals surface area contributed by atoms with E-state index in [1.54, 1.807) is 45.0 Å². The number of nitrogens with zero attached hydrogens (tertiary/aromatic N) is 3. The van der Waals surface area contributed by atoms with Gasteiger partial charge in [0.2, 0.25) is 10.0 Å². The summed E-state index contributed by atoms with van der Waals surface area (Å²) in [6.45, 7) is 5.64. The third kappa shape index (κ3) is 4.86.